The number of pyridine rings is 1. The van der Waals surface area contributed by atoms with Gasteiger partial charge in [0.2, 0.25) is 0 Å². The van der Waals surface area contributed by atoms with Gasteiger partial charge in [0.1, 0.15) is 0 Å². The molecule has 7 heteroatoms. The van der Waals surface area contributed by atoms with Crippen LogP contribution in [0.15, 0.2) is 6.07 Å². The minimum Gasteiger partial charge on any atom is -0.396 e. The van der Waals surface area contributed by atoms with Crippen LogP contribution in [0.5, 0.6) is 0 Å². The first kappa shape index (κ1) is 13.6. The van der Waals surface area contributed by atoms with E-state index in [2.05, 4.69) is 10.4 Å². The molecule has 4 N–H and O–H groups in total. The number of hydrogen-bond donors (Lipinski definition) is 3. The minimum absolute atomic E-state index is 0.00130. The molecule has 0 radical (unpaired) electrons. The molecule has 96 valence electrons. The van der Waals surface area contributed by atoms with Crippen LogP contribution in [0.4, 0.5) is 20.4 Å². The van der Waals surface area contributed by atoms with Crippen LogP contribution in [0.1, 0.15) is 13.3 Å². The summed E-state index contributed by atoms with van der Waals surface area (Å²) in [6.07, 6.45) is 0.484. The lowest BCUT2D eigenvalue weighted by molar-refractivity contribution is 0.289. The average molecular weight is 246 g/mol. The molecular weight excluding hydrogens is 230 g/mol. The van der Waals surface area contributed by atoms with Crippen molar-refractivity contribution < 1.29 is 13.9 Å². The zero-order valence-electron chi connectivity index (χ0n) is 9.58. The molecule has 1 heterocycles. The molecule has 1 aromatic rings. The molecule has 0 amide bonds. The van der Waals surface area contributed by atoms with E-state index in [0.717, 1.165) is 6.07 Å². The monoisotopic (exact) mass is 246 g/mol. The van der Waals surface area contributed by atoms with Gasteiger partial charge in [-0.2, -0.15) is 0 Å². The second-order valence-electron chi connectivity index (χ2n) is 3.43. The quantitative estimate of drug-likeness (QED) is 0.512. The average Bonchev–Trinajstić information content (AvgIpc) is 2.32. The summed E-state index contributed by atoms with van der Waals surface area (Å²) in [6, 6.07) is 0.735. The number of aliphatic hydroxyl groups excluding tert-OH is 1. The molecule has 0 saturated heterocycles. The van der Waals surface area contributed by atoms with Gasteiger partial charge in [-0.15, -0.1) is 0 Å². The molecule has 0 aliphatic rings. The summed E-state index contributed by atoms with van der Waals surface area (Å²) in [6.45, 7) is 2.75. The summed E-state index contributed by atoms with van der Waals surface area (Å²) < 4.78 is 26.7. The molecule has 0 spiro atoms. The Labute approximate surface area is 98.2 Å². The molecule has 0 aliphatic carbocycles. The highest BCUT2D eigenvalue weighted by molar-refractivity contribution is 5.48. The van der Waals surface area contributed by atoms with Gasteiger partial charge in [0.15, 0.2) is 23.3 Å². The first-order valence-electron chi connectivity index (χ1n) is 5.32. The van der Waals surface area contributed by atoms with Gasteiger partial charge in [0.25, 0.3) is 0 Å². The lowest BCUT2D eigenvalue weighted by atomic mass is 10.3. The summed E-state index contributed by atoms with van der Waals surface area (Å²) >= 11 is 0. The van der Waals surface area contributed by atoms with Crippen molar-refractivity contribution in [1.29, 1.82) is 0 Å². The number of halogens is 2. The molecule has 17 heavy (non-hydrogen) atoms. The van der Waals surface area contributed by atoms with E-state index < -0.39 is 11.6 Å². The third-order valence-corrected chi connectivity index (χ3v) is 2.32. The number of aliphatic hydroxyl groups is 1. The predicted octanol–water partition coefficient (Wildman–Crippen LogP) is 0.854. The van der Waals surface area contributed by atoms with Crippen molar-refractivity contribution in [2.24, 2.45) is 5.84 Å². The molecule has 0 unspecified atom stereocenters. The topological polar surface area (TPSA) is 74.4 Å². The summed E-state index contributed by atoms with van der Waals surface area (Å²) in [5.74, 6) is 3.31. The second kappa shape index (κ2) is 6.31. The minimum atomic E-state index is -0.841. The number of nitrogens with one attached hydrogen (secondary N) is 1. The third-order valence-electron chi connectivity index (χ3n) is 2.32. The molecule has 1 rings (SSSR count). The fourth-order valence-electron chi connectivity index (χ4n) is 1.46. The van der Waals surface area contributed by atoms with Gasteiger partial charge in [0, 0.05) is 25.8 Å². The van der Waals surface area contributed by atoms with Crippen LogP contribution in [0.25, 0.3) is 0 Å². The highest BCUT2D eigenvalue weighted by Gasteiger charge is 2.15. The van der Waals surface area contributed by atoms with Crippen LogP contribution in [-0.4, -0.2) is 29.8 Å². The van der Waals surface area contributed by atoms with Gasteiger partial charge in [0.05, 0.1) is 0 Å². The third kappa shape index (κ3) is 3.24. The maximum Gasteiger partial charge on any atom is 0.178 e. The largest absolute Gasteiger partial charge is 0.396 e. The van der Waals surface area contributed by atoms with E-state index >= 15 is 0 Å². The van der Waals surface area contributed by atoms with Crippen molar-refractivity contribution >= 4 is 11.6 Å². The number of nitrogens with zero attached hydrogens (tertiary/aromatic N) is 2. The number of rotatable bonds is 6. The Morgan fingerprint density at radius 2 is 2.18 bits per heavy atom. The zero-order chi connectivity index (χ0) is 12.8. The Kier molecular flexibility index (Phi) is 5.05. The normalized spacial score (nSPS) is 10.4. The summed E-state index contributed by atoms with van der Waals surface area (Å²) in [5.41, 5.74) is 2.07. The molecule has 0 aromatic carbocycles. The SMILES string of the molecule is CCN(CCCO)c1nc(NN)c(F)cc1F. The summed E-state index contributed by atoms with van der Waals surface area (Å²) in [4.78, 5) is 5.38. The Balaban J connectivity index is 3.01. The molecule has 1 aromatic heterocycles. The molecular formula is C10H16F2N4O. The summed E-state index contributed by atoms with van der Waals surface area (Å²) in [7, 11) is 0. The number of anilines is 2. The smallest absolute Gasteiger partial charge is 0.178 e. The van der Waals surface area contributed by atoms with E-state index in [4.69, 9.17) is 10.9 Å². The molecule has 0 atom stereocenters. The lowest BCUT2D eigenvalue weighted by Gasteiger charge is -2.22. The highest BCUT2D eigenvalue weighted by atomic mass is 19.1. The van der Waals surface area contributed by atoms with Gasteiger partial charge in [-0.3, -0.25) is 0 Å². The van der Waals surface area contributed by atoms with Crippen LogP contribution >= 0.6 is 0 Å². The number of hydrogen-bond acceptors (Lipinski definition) is 5. The van der Waals surface area contributed by atoms with Gasteiger partial charge in [-0.25, -0.2) is 19.6 Å². The highest BCUT2D eigenvalue weighted by Crippen LogP contribution is 2.21. The first-order chi connectivity index (χ1) is 8.13. The Bertz CT molecular complexity index is 376. The van der Waals surface area contributed by atoms with Crippen LogP contribution in [-0.2, 0) is 0 Å². The number of nitrogen functional groups attached to an aromatic ring is 1. The molecule has 0 saturated carbocycles. The van der Waals surface area contributed by atoms with Gasteiger partial charge in [-0.1, -0.05) is 0 Å². The van der Waals surface area contributed by atoms with E-state index in [-0.39, 0.29) is 18.2 Å². The Morgan fingerprint density at radius 1 is 1.47 bits per heavy atom. The maximum atomic E-state index is 13.6. The van der Waals surface area contributed by atoms with Crippen LogP contribution in [0.3, 0.4) is 0 Å². The van der Waals surface area contributed by atoms with Crippen LogP contribution in [0, 0.1) is 11.6 Å². The number of aromatic nitrogens is 1. The van der Waals surface area contributed by atoms with Crippen molar-refractivity contribution in [3.05, 3.63) is 17.7 Å². The van der Waals surface area contributed by atoms with E-state index in [1.54, 1.807) is 4.90 Å². The molecule has 0 bridgehead atoms. The molecule has 0 fully saturated rings. The second-order valence-corrected chi connectivity index (χ2v) is 3.43. The lowest BCUT2D eigenvalue weighted by Crippen LogP contribution is -2.27. The van der Waals surface area contributed by atoms with Gasteiger partial charge >= 0.3 is 0 Å². The fraction of sp³-hybridized carbons (Fsp3) is 0.500. The van der Waals surface area contributed by atoms with Gasteiger partial charge < -0.3 is 15.4 Å². The fourth-order valence-corrected chi connectivity index (χ4v) is 1.46. The molecule has 0 aliphatic heterocycles. The van der Waals surface area contributed by atoms with Crippen LogP contribution < -0.4 is 16.2 Å². The van der Waals surface area contributed by atoms with Crippen molar-refractivity contribution in [3.63, 3.8) is 0 Å². The van der Waals surface area contributed by atoms with Gasteiger partial charge in [-0.05, 0) is 13.3 Å². The summed E-state index contributed by atoms with van der Waals surface area (Å²) in [5, 5.41) is 8.74. The Hall–Kier alpha value is -1.47. The van der Waals surface area contributed by atoms with E-state index in [9.17, 15) is 8.78 Å². The predicted molar refractivity (Wildman–Crippen MR) is 61.6 cm³/mol. The van der Waals surface area contributed by atoms with Crippen molar-refractivity contribution in [2.45, 2.75) is 13.3 Å². The van der Waals surface area contributed by atoms with Crippen molar-refractivity contribution in [3.8, 4) is 0 Å². The van der Waals surface area contributed by atoms with E-state index in [0.29, 0.717) is 19.5 Å². The standard InChI is InChI=1S/C10H16F2N4O/c1-2-16(4-3-5-17)10-8(12)6-7(11)9(14-10)15-13/h6,17H,2-5,13H2,1H3,(H,14,15). The molecule has 5 nitrogen and oxygen atoms in total. The maximum absolute atomic E-state index is 13.6. The zero-order valence-corrected chi connectivity index (χ0v) is 9.58. The van der Waals surface area contributed by atoms with E-state index in [1.165, 1.54) is 0 Å². The first-order valence-corrected chi connectivity index (χ1v) is 5.32. The number of hydrazine groups is 1. The van der Waals surface area contributed by atoms with Crippen molar-refractivity contribution in [1.82, 2.24) is 4.98 Å². The Morgan fingerprint density at radius 3 is 2.71 bits per heavy atom. The number of nitrogens with two attached hydrogens (primary N) is 1. The van der Waals surface area contributed by atoms with Crippen molar-refractivity contribution in [2.75, 3.05) is 30.0 Å². The van der Waals surface area contributed by atoms with E-state index in [1.807, 2.05) is 6.92 Å². The van der Waals surface area contributed by atoms with Crippen LogP contribution in [0.2, 0.25) is 0 Å².